The zero-order chi connectivity index (χ0) is 14.3. The highest BCUT2D eigenvalue weighted by Crippen LogP contribution is 1.96. The van der Waals surface area contributed by atoms with Gasteiger partial charge >= 0.3 is 12.0 Å². The first-order chi connectivity index (χ1) is 8.29. The molecule has 1 unspecified atom stereocenters. The Kier molecular flexibility index (Phi) is 6.77. The normalized spacial score (nSPS) is 11.6. The second-order valence-electron chi connectivity index (χ2n) is 4.13. The molecule has 0 saturated carbocycles. The summed E-state index contributed by atoms with van der Waals surface area (Å²) in [6.07, 6.45) is -0.114. The predicted molar refractivity (Wildman–Crippen MR) is 66.2 cm³/mol. The number of aliphatic carboxylic acids is 1. The first kappa shape index (κ1) is 16.2. The van der Waals surface area contributed by atoms with Crippen molar-refractivity contribution in [3.05, 3.63) is 0 Å². The Morgan fingerprint density at radius 3 is 2.22 bits per heavy atom. The number of hydrogen-bond acceptors (Lipinski definition) is 3. The number of nitrogens with one attached hydrogen (secondary N) is 1. The van der Waals surface area contributed by atoms with E-state index in [2.05, 4.69) is 5.32 Å². The van der Waals surface area contributed by atoms with E-state index in [1.54, 1.807) is 27.9 Å². The molecule has 0 saturated heterocycles. The zero-order valence-corrected chi connectivity index (χ0v) is 11.3. The standard InChI is InChI=1S/C11H21N3O4/c1-5-14(7-6-9(15)16)11(18)12-8(2)10(17)13(3)4/h8H,5-7H2,1-4H3,(H,12,18)(H,15,16). The van der Waals surface area contributed by atoms with Gasteiger partial charge in [-0.15, -0.1) is 0 Å². The number of likely N-dealkylation sites (N-methyl/N-ethyl adjacent to an activating group) is 1. The molecule has 0 aliphatic heterocycles. The van der Waals surface area contributed by atoms with Gasteiger partial charge in [-0.1, -0.05) is 0 Å². The Labute approximate surface area is 107 Å². The molecule has 0 aliphatic rings. The second kappa shape index (κ2) is 7.52. The summed E-state index contributed by atoms with van der Waals surface area (Å²) in [7, 11) is 3.21. The molecular formula is C11H21N3O4. The van der Waals surface area contributed by atoms with E-state index in [1.807, 2.05) is 0 Å². The molecule has 0 aromatic rings. The number of carboxylic acid groups (broad SMARTS) is 1. The van der Waals surface area contributed by atoms with Crippen LogP contribution in [-0.2, 0) is 9.59 Å². The fourth-order valence-corrected chi connectivity index (χ4v) is 1.36. The van der Waals surface area contributed by atoms with Crippen LogP contribution in [0.2, 0.25) is 0 Å². The third kappa shape index (κ3) is 5.51. The molecule has 0 spiro atoms. The van der Waals surface area contributed by atoms with Gasteiger partial charge in [0.25, 0.3) is 0 Å². The van der Waals surface area contributed by atoms with E-state index < -0.39 is 18.0 Å². The number of nitrogens with zero attached hydrogens (tertiary/aromatic N) is 2. The van der Waals surface area contributed by atoms with Gasteiger partial charge < -0.3 is 20.2 Å². The Bertz CT molecular complexity index is 317. The summed E-state index contributed by atoms with van der Waals surface area (Å²) in [5, 5.41) is 11.1. The Balaban J connectivity index is 4.35. The largest absolute Gasteiger partial charge is 0.481 e. The molecule has 0 fully saturated rings. The average Bonchev–Trinajstić information content (AvgIpc) is 2.27. The van der Waals surface area contributed by atoms with Gasteiger partial charge in [0.05, 0.1) is 6.42 Å². The van der Waals surface area contributed by atoms with Crippen LogP contribution in [0.5, 0.6) is 0 Å². The van der Waals surface area contributed by atoms with Crippen LogP contribution < -0.4 is 5.32 Å². The van der Waals surface area contributed by atoms with Crippen molar-refractivity contribution in [1.82, 2.24) is 15.1 Å². The zero-order valence-electron chi connectivity index (χ0n) is 11.3. The molecular weight excluding hydrogens is 238 g/mol. The molecule has 0 aliphatic carbocycles. The first-order valence-corrected chi connectivity index (χ1v) is 5.78. The van der Waals surface area contributed by atoms with Crippen molar-refractivity contribution < 1.29 is 19.5 Å². The topological polar surface area (TPSA) is 90.0 Å². The summed E-state index contributed by atoms with van der Waals surface area (Å²) in [6, 6.07) is -1.06. The highest BCUT2D eigenvalue weighted by molar-refractivity contribution is 5.86. The van der Waals surface area contributed by atoms with Gasteiger partial charge in [-0.2, -0.15) is 0 Å². The van der Waals surface area contributed by atoms with Crippen LogP contribution in [0.3, 0.4) is 0 Å². The van der Waals surface area contributed by atoms with Crippen molar-refractivity contribution in [1.29, 1.82) is 0 Å². The number of amides is 3. The van der Waals surface area contributed by atoms with Crippen LogP contribution in [0.15, 0.2) is 0 Å². The molecule has 0 bridgehead atoms. The van der Waals surface area contributed by atoms with Crippen molar-refractivity contribution in [3.63, 3.8) is 0 Å². The Hall–Kier alpha value is -1.79. The molecule has 104 valence electrons. The molecule has 7 heteroatoms. The van der Waals surface area contributed by atoms with Crippen molar-refractivity contribution in [2.45, 2.75) is 26.3 Å². The van der Waals surface area contributed by atoms with Crippen molar-refractivity contribution in [3.8, 4) is 0 Å². The molecule has 0 radical (unpaired) electrons. The van der Waals surface area contributed by atoms with Gasteiger partial charge in [-0.05, 0) is 13.8 Å². The molecule has 7 nitrogen and oxygen atoms in total. The summed E-state index contributed by atoms with van der Waals surface area (Å²) in [5.41, 5.74) is 0. The Morgan fingerprint density at radius 2 is 1.83 bits per heavy atom. The third-order valence-electron chi connectivity index (χ3n) is 2.42. The molecule has 18 heavy (non-hydrogen) atoms. The van der Waals surface area contributed by atoms with Crippen molar-refractivity contribution in [2.24, 2.45) is 0 Å². The third-order valence-corrected chi connectivity index (χ3v) is 2.42. The van der Waals surface area contributed by atoms with Crippen LogP contribution in [0.4, 0.5) is 4.79 Å². The lowest BCUT2D eigenvalue weighted by atomic mass is 10.3. The number of carbonyl (C=O) groups excluding carboxylic acids is 2. The molecule has 2 N–H and O–H groups in total. The highest BCUT2D eigenvalue weighted by Gasteiger charge is 2.20. The van der Waals surface area contributed by atoms with Crippen LogP contribution in [0, 0.1) is 0 Å². The Morgan fingerprint density at radius 1 is 1.28 bits per heavy atom. The van der Waals surface area contributed by atoms with Crippen LogP contribution in [0.1, 0.15) is 20.3 Å². The summed E-state index contributed by atoms with van der Waals surface area (Å²) in [6.45, 7) is 3.85. The lowest BCUT2D eigenvalue weighted by Gasteiger charge is -2.24. The van der Waals surface area contributed by atoms with Crippen molar-refractivity contribution in [2.75, 3.05) is 27.2 Å². The number of hydrogen-bond donors (Lipinski definition) is 2. The minimum Gasteiger partial charge on any atom is -0.481 e. The number of carboxylic acids is 1. The van der Waals surface area contributed by atoms with E-state index in [-0.39, 0.29) is 18.9 Å². The monoisotopic (exact) mass is 259 g/mol. The SMILES string of the molecule is CCN(CCC(=O)O)C(=O)NC(C)C(=O)N(C)C. The van der Waals surface area contributed by atoms with Gasteiger partial charge in [0.2, 0.25) is 5.91 Å². The summed E-state index contributed by atoms with van der Waals surface area (Å²) < 4.78 is 0. The van der Waals surface area contributed by atoms with E-state index in [0.717, 1.165) is 0 Å². The minimum absolute atomic E-state index is 0.114. The van der Waals surface area contributed by atoms with E-state index in [4.69, 9.17) is 5.11 Å². The van der Waals surface area contributed by atoms with Gasteiger partial charge in [-0.25, -0.2) is 4.79 Å². The predicted octanol–water partition coefficient (Wildman–Crippen LogP) is -0.0307. The fourth-order valence-electron chi connectivity index (χ4n) is 1.36. The minimum atomic E-state index is -0.960. The van der Waals surface area contributed by atoms with Crippen LogP contribution in [0.25, 0.3) is 0 Å². The lowest BCUT2D eigenvalue weighted by Crippen LogP contribution is -2.49. The van der Waals surface area contributed by atoms with Gasteiger partial charge in [0.1, 0.15) is 6.04 Å². The second-order valence-corrected chi connectivity index (χ2v) is 4.13. The lowest BCUT2D eigenvalue weighted by molar-refractivity contribution is -0.137. The average molecular weight is 259 g/mol. The number of carbonyl (C=O) groups is 3. The van der Waals surface area contributed by atoms with Crippen molar-refractivity contribution >= 4 is 17.9 Å². The van der Waals surface area contributed by atoms with Gasteiger partial charge in [-0.3, -0.25) is 9.59 Å². The fraction of sp³-hybridized carbons (Fsp3) is 0.727. The maximum Gasteiger partial charge on any atom is 0.318 e. The summed E-state index contributed by atoms with van der Waals surface area (Å²) in [4.78, 5) is 36.5. The van der Waals surface area contributed by atoms with Gasteiger partial charge in [0.15, 0.2) is 0 Å². The molecule has 1 atom stereocenters. The van der Waals surface area contributed by atoms with E-state index in [9.17, 15) is 14.4 Å². The molecule has 0 aromatic carbocycles. The van der Waals surface area contributed by atoms with Crippen LogP contribution in [-0.4, -0.2) is 66.0 Å². The smallest absolute Gasteiger partial charge is 0.318 e. The quantitative estimate of drug-likeness (QED) is 0.701. The first-order valence-electron chi connectivity index (χ1n) is 5.78. The number of urea groups is 1. The molecule has 3 amide bonds. The van der Waals surface area contributed by atoms with E-state index >= 15 is 0 Å². The maximum atomic E-state index is 11.8. The molecule has 0 heterocycles. The van der Waals surface area contributed by atoms with E-state index in [1.165, 1.54) is 9.80 Å². The summed E-state index contributed by atoms with van der Waals surface area (Å²) in [5.74, 6) is -1.17. The molecule has 0 rings (SSSR count). The maximum absolute atomic E-state index is 11.8. The highest BCUT2D eigenvalue weighted by atomic mass is 16.4. The summed E-state index contributed by atoms with van der Waals surface area (Å²) >= 11 is 0. The van der Waals surface area contributed by atoms with E-state index in [0.29, 0.717) is 6.54 Å². The molecule has 0 aromatic heterocycles. The van der Waals surface area contributed by atoms with Gasteiger partial charge in [0, 0.05) is 27.2 Å². The van der Waals surface area contributed by atoms with Crippen LogP contribution >= 0.6 is 0 Å². The number of rotatable bonds is 6.